The Hall–Kier alpha value is -2.58. The Morgan fingerprint density at radius 3 is 2.22 bits per heavy atom. The SMILES string of the molecule is CCC(Oc1ccc(C(=O)O)c(O)c1)(c1ccc(OC(C)C)cc1)S(=O)[O-]. The largest absolute Gasteiger partial charge is 0.769 e. The fourth-order valence-corrected chi connectivity index (χ4v) is 3.32. The van der Waals surface area contributed by atoms with E-state index in [9.17, 15) is 18.7 Å². The van der Waals surface area contributed by atoms with Gasteiger partial charge in [-0.1, -0.05) is 19.1 Å². The molecule has 2 atom stereocenters. The van der Waals surface area contributed by atoms with Gasteiger partial charge in [0.25, 0.3) is 0 Å². The summed E-state index contributed by atoms with van der Waals surface area (Å²) in [6, 6.07) is 10.0. The summed E-state index contributed by atoms with van der Waals surface area (Å²) in [5.41, 5.74) is 0.0825. The number of aromatic hydroxyl groups is 1. The highest BCUT2D eigenvalue weighted by Gasteiger charge is 2.35. The quantitative estimate of drug-likeness (QED) is 0.660. The average Bonchev–Trinajstić information content (AvgIpc) is 2.59. The lowest BCUT2D eigenvalue weighted by molar-refractivity contribution is 0.0693. The molecule has 2 aromatic rings. The van der Waals surface area contributed by atoms with Crippen LogP contribution >= 0.6 is 0 Å². The van der Waals surface area contributed by atoms with Crippen molar-refractivity contribution in [1.82, 2.24) is 0 Å². The predicted octanol–water partition coefficient (Wildman–Crippen LogP) is 3.40. The molecule has 0 radical (unpaired) electrons. The number of rotatable bonds is 8. The summed E-state index contributed by atoms with van der Waals surface area (Å²) < 4.78 is 35.4. The first-order chi connectivity index (χ1) is 12.7. The third-order valence-corrected chi connectivity index (χ3v) is 5.03. The summed E-state index contributed by atoms with van der Waals surface area (Å²) in [7, 11) is 0. The molecular formula is C19H21O7S-. The molecule has 0 aromatic heterocycles. The minimum Gasteiger partial charge on any atom is -0.769 e. The van der Waals surface area contributed by atoms with E-state index in [0.29, 0.717) is 11.3 Å². The Labute approximate surface area is 159 Å². The topological polar surface area (TPSA) is 116 Å². The number of phenols is 1. The molecule has 0 aliphatic heterocycles. The minimum atomic E-state index is -2.66. The zero-order valence-corrected chi connectivity index (χ0v) is 16.0. The molecule has 0 saturated carbocycles. The van der Waals surface area contributed by atoms with Crippen molar-refractivity contribution in [1.29, 1.82) is 0 Å². The molecule has 2 aromatic carbocycles. The molecule has 146 valence electrons. The monoisotopic (exact) mass is 393 g/mol. The zero-order valence-electron chi connectivity index (χ0n) is 15.2. The predicted molar refractivity (Wildman–Crippen MR) is 98.8 cm³/mol. The van der Waals surface area contributed by atoms with Gasteiger partial charge in [0.15, 0.2) is 4.93 Å². The Bertz CT molecular complexity index is 832. The zero-order chi connectivity index (χ0) is 20.2. The smallest absolute Gasteiger partial charge is 0.339 e. The Morgan fingerprint density at radius 1 is 1.19 bits per heavy atom. The fourth-order valence-electron chi connectivity index (χ4n) is 2.59. The lowest BCUT2D eigenvalue weighted by Crippen LogP contribution is -2.37. The Morgan fingerprint density at radius 2 is 1.78 bits per heavy atom. The molecule has 2 N–H and O–H groups in total. The van der Waals surface area contributed by atoms with Crippen molar-refractivity contribution in [3.8, 4) is 17.2 Å². The van der Waals surface area contributed by atoms with E-state index in [1.165, 1.54) is 6.07 Å². The number of ether oxygens (including phenoxy) is 2. The van der Waals surface area contributed by atoms with Crippen molar-refractivity contribution in [3.05, 3.63) is 53.6 Å². The van der Waals surface area contributed by atoms with Crippen LogP contribution in [0.2, 0.25) is 0 Å². The Balaban J connectivity index is 2.41. The maximum absolute atomic E-state index is 12.1. The number of carboxylic acids is 1. The number of benzene rings is 2. The van der Waals surface area contributed by atoms with Crippen LogP contribution < -0.4 is 9.47 Å². The van der Waals surface area contributed by atoms with Crippen LogP contribution in [0.1, 0.15) is 43.1 Å². The highest BCUT2D eigenvalue weighted by molar-refractivity contribution is 7.80. The van der Waals surface area contributed by atoms with Gasteiger partial charge in [-0.2, -0.15) is 0 Å². The van der Waals surface area contributed by atoms with Crippen LogP contribution in [-0.2, 0) is 16.0 Å². The van der Waals surface area contributed by atoms with Crippen molar-refractivity contribution in [2.75, 3.05) is 0 Å². The maximum Gasteiger partial charge on any atom is 0.339 e. The van der Waals surface area contributed by atoms with Crippen molar-refractivity contribution in [2.24, 2.45) is 0 Å². The fraction of sp³-hybridized carbons (Fsp3) is 0.316. The third-order valence-electron chi connectivity index (χ3n) is 3.88. The molecule has 0 heterocycles. The van der Waals surface area contributed by atoms with Crippen molar-refractivity contribution >= 4 is 17.0 Å². The van der Waals surface area contributed by atoms with Gasteiger partial charge < -0.3 is 24.2 Å². The van der Waals surface area contributed by atoms with Gasteiger partial charge in [-0.15, -0.1) is 0 Å². The van der Waals surface area contributed by atoms with Gasteiger partial charge in [-0.3, -0.25) is 4.21 Å². The summed E-state index contributed by atoms with van der Waals surface area (Å²) in [6.07, 6.45) is 0.0713. The van der Waals surface area contributed by atoms with Crippen LogP contribution in [0.4, 0.5) is 0 Å². The second-order valence-electron chi connectivity index (χ2n) is 6.12. The molecule has 2 unspecified atom stereocenters. The minimum absolute atomic E-state index is 0.0209. The molecule has 8 heteroatoms. The van der Waals surface area contributed by atoms with E-state index in [4.69, 9.17) is 14.6 Å². The number of aromatic carboxylic acids is 1. The molecule has 0 saturated heterocycles. The first-order valence-corrected chi connectivity index (χ1v) is 9.39. The number of hydrogen-bond donors (Lipinski definition) is 2. The van der Waals surface area contributed by atoms with Crippen LogP contribution in [-0.4, -0.2) is 31.0 Å². The van der Waals surface area contributed by atoms with Crippen molar-refractivity contribution in [3.63, 3.8) is 0 Å². The summed E-state index contributed by atoms with van der Waals surface area (Å²) in [5.74, 6) is -1.18. The normalized spacial score (nSPS) is 14.4. The number of carbonyl (C=O) groups is 1. The van der Waals surface area contributed by atoms with Crippen LogP contribution in [0, 0.1) is 0 Å². The van der Waals surface area contributed by atoms with Crippen LogP contribution in [0.15, 0.2) is 42.5 Å². The van der Waals surface area contributed by atoms with Gasteiger partial charge in [-0.05, 0) is 55.6 Å². The summed E-state index contributed by atoms with van der Waals surface area (Å²) in [4.78, 5) is 9.30. The molecule has 0 aliphatic carbocycles. The molecule has 0 fully saturated rings. The summed E-state index contributed by atoms with van der Waals surface area (Å²) >= 11 is -2.66. The molecule has 0 aliphatic rings. The lowest BCUT2D eigenvalue weighted by Gasteiger charge is -2.36. The molecule has 0 spiro atoms. The van der Waals surface area contributed by atoms with E-state index in [0.717, 1.165) is 12.1 Å². The van der Waals surface area contributed by atoms with Gasteiger partial charge in [-0.25, -0.2) is 4.79 Å². The second-order valence-corrected chi connectivity index (χ2v) is 7.25. The standard InChI is InChI=1S/C19H22O7S/c1-4-19(27(23)24,13-5-7-14(8-6-13)25-12(2)3)26-15-9-10-16(18(21)22)17(20)11-15/h5-12,20H,4H2,1-3H3,(H,21,22)(H,23,24)/p-1. The average molecular weight is 393 g/mol. The highest BCUT2D eigenvalue weighted by Crippen LogP contribution is 2.36. The van der Waals surface area contributed by atoms with Crippen LogP contribution in [0.25, 0.3) is 0 Å². The van der Waals surface area contributed by atoms with E-state index < -0.39 is 27.7 Å². The van der Waals surface area contributed by atoms with E-state index >= 15 is 0 Å². The summed E-state index contributed by atoms with van der Waals surface area (Å²) in [5, 5.41) is 18.8. The number of hydrogen-bond acceptors (Lipinski definition) is 6. The highest BCUT2D eigenvalue weighted by atomic mass is 32.2. The van der Waals surface area contributed by atoms with E-state index in [-0.39, 0.29) is 23.8 Å². The molecule has 27 heavy (non-hydrogen) atoms. The van der Waals surface area contributed by atoms with Crippen LogP contribution in [0.3, 0.4) is 0 Å². The van der Waals surface area contributed by atoms with Gasteiger partial charge >= 0.3 is 5.97 Å². The number of carboxylic acid groups (broad SMARTS) is 1. The van der Waals surface area contributed by atoms with Crippen molar-refractivity contribution < 1.29 is 33.2 Å². The lowest BCUT2D eigenvalue weighted by atomic mass is 10.1. The van der Waals surface area contributed by atoms with Gasteiger partial charge in [0, 0.05) is 11.6 Å². The molecule has 0 bridgehead atoms. The molecule has 2 rings (SSSR count). The Kier molecular flexibility index (Phi) is 6.45. The maximum atomic E-state index is 12.1. The molecule has 0 amide bonds. The third kappa shape index (κ3) is 4.58. The van der Waals surface area contributed by atoms with Gasteiger partial charge in [0.2, 0.25) is 0 Å². The second kappa shape index (κ2) is 8.41. The van der Waals surface area contributed by atoms with Crippen molar-refractivity contribution in [2.45, 2.75) is 38.2 Å². The molecular weight excluding hydrogens is 372 g/mol. The summed E-state index contributed by atoms with van der Waals surface area (Å²) in [6.45, 7) is 5.42. The molecule has 7 nitrogen and oxygen atoms in total. The van der Waals surface area contributed by atoms with Gasteiger partial charge in [0.05, 0.1) is 6.10 Å². The van der Waals surface area contributed by atoms with E-state index in [1.807, 2.05) is 13.8 Å². The van der Waals surface area contributed by atoms with E-state index in [2.05, 4.69) is 0 Å². The van der Waals surface area contributed by atoms with E-state index in [1.54, 1.807) is 31.2 Å². The van der Waals surface area contributed by atoms with Crippen LogP contribution in [0.5, 0.6) is 17.2 Å². The first-order valence-electron chi connectivity index (χ1n) is 8.31. The van der Waals surface area contributed by atoms with Gasteiger partial charge in [0.1, 0.15) is 22.8 Å². The first kappa shape index (κ1) is 20.7.